The topological polar surface area (TPSA) is 81.4 Å². The Labute approximate surface area is 133 Å². The van der Waals surface area contributed by atoms with Crippen molar-refractivity contribution in [3.63, 3.8) is 0 Å². The number of ether oxygens (including phenoxy) is 1. The lowest BCUT2D eigenvalue weighted by Crippen LogP contribution is -2.26. The van der Waals surface area contributed by atoms with Crippen molar-refractivity contribution >= 4 is 31.6 Å². The summed E-state index contributed by atoms with van der Waals surface area (Å²) in [5.41, 5.74) is 5.75. The smallest absolute Gasteiger partial charge is 0.243 e. The lowest BCUT2D eigenvalue weighted by Gasteiger charge is -2.10. The van der Waals surface area contributed by atoms with Crippen LogP contribution in [0, 0.1) is 11.7 Å². The maximum atomic E-state index is 13.7. The van der Waals surface area contributed by atoms with Gasteiger partial charge in [0.1, 0.15) is 10.7 Å². The van der Waals surface area contributed by atoms with Crippen LogP contribution in [-0.4, -0.2) is 28.2 Å². The van der Waals surface area contributed by atoms with Crippen LogP contribution in [0.5, 0.6) is 0 Å². The molecule has 21 heavy (non-hydrogen) atoms. The molecule has 0 aliphatic heterocycles. The molecule has 0 saturated heterocycles. The highest BCUT2D eigenvalue weighted by Gasteiger charge is 2.20. The van der Waals surface area contributed by atoms with Crippen LogP contribution in [-0.2, 0) is 14.8 Å². The molecule has 5 nitrogen and oxygen atoms in total. The second kappa shape index (κ2) is 8.07. The number of nitrogens with one attached hydrogen (secondary N) is 1. The molecule has 0 aliphatic carbocycles. The molecule has 0 atom stereocenters. The standard InChI is InChI=1S/C13H20BrFN2O3S/c1-9(2)8-20-5-3-4-17-21(18,19)13-7-12(16)10(14)6-11(13)15/h6-7,9,17H,3-5,8,16H2,1-2H3. The van der Waals surface area contributed by atoms with Gasteiger partial charge < -0.3 is 10.5 Å². The van der Waals surface area contributed by atoms with E-state index in [1.54, 1.807) is 0 Å². The number of hydrogen-bond acceptors (Lipinski definition) is 4. The quantitative estimate of drug-likeness (QED) is 0.534. The minimum Gasteiger partial charge on any atom is -0.398 e. The van der Waals surface area contributed by atoms with Gasteiger partial charge in [-0.2, -0.15) is 0 Å². The fraction of sp³-hybridized carbons (Fsp3) is 0.538. The van der Waals surface area contributed by atoms with E-state index < -0.39 is 20.7 Å². The molecule has 0 unspecified atom stereocenters. The first-order chi connectivity index (χ1) is 9.74. The first kappa shape index (κ1) is 18.3. The third-order valence-electron chi connectivity index (χ3n) is 2.55. The van der Waals surface area contributed by atoms with Gasteiger partial charge in [0.15, 0.2) is 0 Å². The predicted molar refractivity (Wildman–Crippen MR) is 84.0 cm³/mol. The first-order valence-corrected chi connectivity index (χ1v) is 8.83. The summed E-state index contributed by atoms with van der Waals surface area (Å²) >= 11 is 3.04. The van der Waals surface area contributed by atoms with Crippen LogP contribution < -0.4 is 10.5 Å². The number of sulfonamides is 1. The molecule has 1 aromatic carbocycles. The highest BCUT2D eigenvalue weighted by Crippen LogP contribution is 2.25. The van der Waals surface area contributed by atoms with Crippen molar-refractivity contribution in [1.82, 2.24) is 4.72 Å². The third-order valence-corrected chi connectivity index (χ3v) is 4.71. The van der Waals surface area contributed by atoms with Gasteiger partial charge in [0.25, 0.3) is 0 Å². The molecular weight excluding hydrogens is 363 g/mol. The van der Waals surface area contributed by atoms with Gasteiger partial charge in [-0.3, -0.25) is 0 Å². The highest BCUT2D eigenvalue weighted by atomic mass is 79.9. The summed E-state index contributed by atoms with van der Waals surface area (Å²) in [6.07, 6.45) is 0.513. The first-order valence-electron chi connectivity index (χ1n) is 6.56. The van der Waals surface area contributed by atoms with Crippen molar-refractivity contribution in [3.8, 4) is 0 Å². The maximum Gasteiger partial charge on any atom is 0.243 e. The monoisotopic (exact) mass is 382 g/mol. The fourth-order valence-electron chi connectivity index (χ4n) is 1.53. The van der Waals surface area contributed by atoms with Crippen LogP contribution in [0.3, 0.4) is 0 Å². The van der Waals surface area contributed by atoms with Gasteiger partial charge in [-0.15, -0.1) is 0 Å². The summed E-state index contributed by atoms with van der Waals surface area (Å²) in [6, 6.07) is 2.13. The zero-order valence-electron chi connectivity index (χ0n) is 12.0. The van der Waals surface area contributed by atoms with E-state index in [1.807, 2.05) is 13.8 Å². The molecule has 8 heteroatoms. The summed E-state index contributed by atoms with van der Waals surface area (Å²) < 4.78 is 45.7. The lowest BCUT2D eigenvalue weighted by atomic mass is 10.2. The average molecular weight is 383 g/mol. The Hall–Kier alpha value is -0.700. The van der Waals surface area contributed by atoms with E-state index in [2.05, 4.69) is 20.7 Å². The van der Waals surface area contributed by atoms with Gasteiger partial charge in [0.2, 0.25) is 10.0 Å². The number of halogens is 2. The van der Waals surface area contributed by atoms with E-state index in [-0.39, 0.29) is 12.2 Å². The summed E-state index contributed by atoms with van der Waals surface area (Å²) in [5, 5.41) is 0. The van der Waals surface area contributed by atoms with Crippen molar-refractivity contribution in [2.45, 2.75) is 25.2 Å². The molecule has 0 bridgehead atoms. The van der Waals surface area contributed by atoms with Crippen molar-refractivity contribution in [3.05, 3.63) is 22.4 Å². The van der Waals surface area contributed by atoms with Crippen molar-refractivity contribution in [2.24, 2.45) is 5.92 Å². The normalized spacial score (nSPS) is 12.0. The Morgan fingerprint density at radius 3 is 2.71 bits per heavy atom. The molecule has 0 fully saturated rings. The van der Waals surface area contributed by atoms with Crippen LogP contribution >= 0.6 is 15.9 Å². The van der Waals surface area contributed by atoms with Gasteiger partial charge in [-0.25, -0.2) is 17.5 Å². The number of rotatable bonds is 8. The molecular formula is C13H20BrFN2O3S. The zero-order chi connectivity index (χ0) is 16.0. The second-order valence-corrected chi connectivity index (χ2v) is 7.61. The zero-order valence-corrected chi connectivity index (χ0v) is 14.4. The maximum absolute atomic E-state index is 13.7. The van der Waals surface area contributed by atoms with Gasteiger partial charge in [0, 0.05) is 29.9 Å². The molecule has 0 heterocycles. The molecule has 120 valence electrons. The van der Waals surface area contributed by atoms with Crippen LogP contribution in [0.4, 0.5) is 10.1 Å². The summed E-state index contributed by atoms with van der Waals surface area (Å²) in [6.45, 7) is 5.32. The van der Waals surface area contributed by atoms with Crippen molar-refractivity contribution in [2.75, 3.05) is 25.5 Å². The minimum atomic E-state index is -3.92. The van der Waals surface area contributed by atoms with Crippen LogP contribution in [0.15, 0.2) is 21.5 Å². The highest BCUT2D eigenvalue weighted by molar-refractivity contribution is 9.10. The number of benzene rings is 1. The van der Waals surface area contributed by atoms with Crippen LogP contribution in [0.2, 0.25) is 0 Å². The van der Waals surface area contributed by atoms with Crippen LogP contribution in [0.25, 0.3) is 0 Å². The summed E-state index contributed by atoms with van der Waals surface area (Å²) in [7, 11) is -3.92. The Balaban J connectivity index is 2.56. The third kappa shape index (κ3) is 5.90. The number of hydrogen-bond donors (Lipinski definition) is 2. The SMILES string of the molecule is CC(C)COCCCNS(=O)(=O)c1cc(N)c(Br)cc1F. The van der Waals surface area contributed by atoms with Crippen molar-refractivity contribution < 1.29 is 17.5 Å². The van der Waals surface area contributed by atoms with Crippen LogP contribution in [0.1, 0.15) is 20.3 Å². The van der Waals surface area contributed by atoms with E-state index in [0.29, 0.717) is 30.0 Å². The molecule has 0 aromatic heterocycles. The van der Waals surface area contributed by atoms with E-state index in [4.69, 9.17) is 10.5 Å². The van der Waals surface area contributed by atoms with Gasteiger partial charge in [0.05, 0.1) is 0 Å². The molecule has 0 aliphatic rings. The fourth-order valence-corrected chi connectivity index (χ4v) is 3.01. The molecule has 0 radical (unpaired) electrons. The lowest BCUT2D eigenvalue weighted by molar-refractivity contribution is 0.108. The molecule has 0 saturated carbocycles. The molecule has 1 rings (SSSR count). The Bertz CT molecular complexity index is 579. The Morgan fingerprint density at radius 2 is 2.10 bits per heavy atom. The number of nitrogens with two attached hydrogens (primary N) is 1. The predicted octanol–water partition coefficient (Wildman–Crippen LogP) is 2.51. The molecule has 0 amide bonds. The molecule has 0 spiro atoms. The molecule has 3 N–H and O–H groups in total. The summed E-state index contributed by atoms with van der Waals surface area (Å²) in [4.78, 5) is -0.453. The number of anilines is 1. The van der Waals surface area contributed by atoms with E-state index >= 15 is 0 Å². The van der Waals surface area contributed by atoms with E-state index in [9.17, 15) is 12.8 Å². The minimum absolute atomic E-state index is 0.164. The summed E-state index contributed by atoms with van der Waals surface area (Å²) in [5.74, 6) is -0.416. The van der Waals surface area contributed by atoms with Crippen molar-refractivity contribution in [1.29, 1.82) is 0 Å². The Morgan fingerprint density at radius 1 is 1.43 bits per heavy atom. The Kier molecular flexibility index (Phi) is 7.05. The number of nitrogen functional groups attached to an aromatic ring is 1. The van der Waals surface area contributed by atoms with Gasteiger partial charge in [-0.05, 0) is 40.4 Å². The molecule has 1 aromatic rings. The second-order valence-electron chi connectivity index (χ2n) is 5.02. The van der Waals surface area contributed by atoms with E-state index in [1.165, 1.54) is 0 Å². The largest absolute Gasteiger partial charge is 0.398 e. The van der Waals surface area contributed by atoms with E-state index in [0.717, 1.165) is 12.1 Å². The van der Waals surface area contributed by atoms with Gasteiger partial charge >= 0.3 is 0 Å². The average Bonchev–Trinajstić information content (AvgIpc) is 2.37. The van der Waals surface area contributed by atoms with Gasteiger partial charge in [-0.1, -0.05) is 13.8 Å².